The summed E-state index contributed by atoms with van der Waals surface area (Å²) in [6.07, 6.45) is 0. The third-order valence-electron chi connectivity index (χ3n) is 2.71. The quantitative estimate of drug-likeness (QED) is 0.765. The number of aromatic nitrogens is 1. The molecule has 0 aliphatic heterocycles. The van der Waals surface area contributed by atoms with Crippen molar-refractivity contribution in [2.24, 2.45) is 0 Å². The van der Waals surface area contributed by atoms with E-state index in [1.165, 1.54) is 12.5 Å². The Balaban J connectivity index is 2.41. The Morgan fingerprint density at radius 1 is 1.41 bits per heavy atom. The zero-order valence-electron chi connectivity index (χ0n) is 11.3. The Morgan fingerprint density at radius 2 is 2.09 bits per heavy atom. The van der Waals surface area contributed by atoms with Crippen molar-refractivity contribution in [1.82, 2.24) is 4.98 Å². The Morgan fingerprint density at radius 3 is 2.64 bits per heavy atom. The molecule has 0 radical (unpaired) electrons. The molecule has 8 nitrogen and oxygen atoms in total. The van der Waals surface area contributed by atoms with Gasteiger partial charge in [-0.15, -0.1) is 11.3 Å². The van der Waals surface area contributed by atoms with Gasteiger partial charge in [-0.05, 0) is 6.07 Å². The highest BCUT2D eigenvalue weighted by atomic mass is 32.2. The highest BCUT2D eigenvalue weighted by Gasteiger charge is 2.25. The first-order valence-electron chi connectivity index (χ1n) is 5.89. The third-order valence-corrected chi connectivity index (χ3v) is 4.55. The van der Waals surface area contributed by atoms with Gasteiger partial charge in [0.2, 0.25) is 5.13 Å². The number of nitrogens with zero attached hydrogens (tertiary/aromatic N) is 2. The Kier molecular flexibility index (Phi) is 4.64. The van der Waals surface area contributed by atoms with Gasteiger partial charge in [0.1, 0.15) is 5.75 Å². The molecular weight excluding hydrogens is 332 g/mol. The summed E-state index contributed by atoms with van der Waals surface area (Å²) >= 11 is 0.800. The molecule has 1 aromatic heterocycles. The first-order chi connectivity index (χ1) is 10.3. The second kappa shape index (κ2) is 6.30. The van der Waals surface area contributed by atoms with E-state index in [0.29, 0.717) is 15.6 Å². The van der Waals surface area contributed by atoms with Gasteiger partial charge in [0, 0.05) is 10.9 Å². The van der Waals surface area contributed by atoms with Gasteiger partial charge >= 0.3 is 16.3 Å². The van der Waals surface area contributed by atoms with Gasteiger partial charge in [-0.3, -0.25) is 4.55 Å². The molecule has 0 spiro atoms. The molecular formula is C12H12N2O6S2. The van der Waals surface area contributed by atoms with Gasteiger partial charge in [-0.25, -0.2) is 14.1 Å². The number of carboxylic acid groups (broad SMARTS) is 1. The summed E-state index contributed by atoms with van der Waals surface area (Å²) in [4.78, 5) is 14.5. The number of thiazole rings is 1. The maximum Gasteiger partial charge on any atom is 0.362 e. The standard InChI is InChI=1S/C12H12N2O6S2/c1-20-10-5-3-2-4-8(10)6-14(22(17,18)19)12-13-9(7-21-12)11(15)16/h2-5,7H,6H2,1H3,(H,15,16)(H,17,18,19). The number of carbonyl (C=O) groups is 1. The molecule has 0 amide bonds. The summed E-state index contributed by atoms with van der Waals surface area (Å²) in [6.45, 7) is -0.241. The van der Waals surface area contributed by atoms with Gasteiger partial charge in [0.25, 0.3) is 0 Å². The molecule has 22 heavy (non-hydrogen) atoms. The fourth-order valence-electron chi connectivity index (χ4n) is 1.71. The highest BCUT2D eigenvalue weighted by Crippen LogP contribution is 2.27. The van der Waals surface area contributed by atoms with Crippen LogP contribution in [0.3, 0.4) is 0 Å². The van der Waals surface area contributed by atoms with Crippen molar-refractivity contribution in [3.05, 3.63) is 40.9 Å². The van der Waals surface area contributed by atoms with Crippen LogP contribution in [0.25, 0.3) is 0 Å². The molecule has 0 atom stereocenters. The molecule has 2 aromatic rings. The minimum atomic E-state index is -4.62. The summed E-state index contributed by atoms with van der Waals surface area (Å²) < 4.78 is 38.3. The lowest BCUT2D eigenvalue weighted by Crippen LogP contribution is -2.30. The van der Waals surface area contributed by atoms with E-state index in [2.05, 4.69) is 4.98 Å². The number of hydrogen-bond acceptors (Lipinski definition) is 6. The molecule has 0 fully saturated rings. The van der Waals surface area contributed by atoms with Crippen LogP contribution in [0, 0.1) is 0 Å². The number of aromatic carboxylic acids is 1. The van der Waals surface area contributed by atoms with Crippen molar-refractivity contribution >= 4 is 32.7 Å². The maximum absolute atomic E-state index is 11.6. The maximum atomic E-state index is 11.6. The van der Waals surface area contributed by atoms with Crippen molar-refractivity contribution in [2.45, 2.75) is 6.54 Å². The molecule has 0 saturated carbocycles. The largest absolute Gasteiger partial charge is 0.496 e. The third kappa shape index (κ3) is 3.53. The van der Waals surface area contributed by atoms with Crippen molar-refractivity contribution in [2.75, 3.05) is 11.4 Å². The van der Waals surface area contributed by atoms with E-state index in [0.717, 1.165) is 11.3 Å². The molecule has 0 saturated heterocycles. The van der Waals surface area contributed by atoms with Crippen LogP contribution in [0.1, 0.15) is 16.1 Å². The number of carboxylic acids is 1. The van der Waals surface area contributed by atoms with Gasteiger partial charge in [-0.1, -0.05) is 18.2 Å². The molecule has 118 valence electrons. The van der Waals surface area contributed by atoms with Gasteiger partial charge in [0.05, 0.1) is 13.7 Å². The minimum Gasteiger partial charge on any atom is -0.496 e. The normalized spacial score (nSPS) is 11.2. The average molecular weight is 344 g/mol. The molecule has 0 aliphatic carbocycles. The zero-order valence-corrected chi connectivity index (χ0v) is 13.0. The molecule has 2 rings (SSSR count). The molecule has 0 unspecified atom stereocenters. The lowest BCUT2D eigenvalue weighted by Gasteiger charge is -2.19. The number of ether oxygens (including phenoxy) is 1. The predicted octanol–water partition coefficient (Wildman–Crippen LogP) is 1.66. The first-order valence-corrected chi connectivity index (χ1v) is 8.16. The molecule has 2 N–H and O–H groups in total. The summed E-state index contributed by atoms with van der Waals surface area (Å²) in [6, 6.07) is 6.67. The Hall–Kier alpha value is -2.17. The van der Waals surface area contributed by atoms with E-state index < -0.39 is 16.3 Å². The van der Waals surface area contributed by atoms with E-state index in [-0.39, 0.29) is 17.4 Å². The number of para-hydroxylation sites is 1. The Bertz CT molecular complexity index is 786. The van der Waals surface area contributed by atoms with Crippen LogP contribution >= 0.6 is 11.3 Å². The van der Waals surface area contributed by atoms with Crippen molar-refractivity contribution in [1.29, 1.82) is 0 Å². The van der Waals surface area contributed by atoms with Gasteiger partial charge in [0.15, 0.2) is 5.69 Å². The van der Waals surface area contributed by atoms with Crippen LogP contribution in [0.2, 0.25) is 0 Å². The first kappa shape index (κ1) is 16.2. The fourth-order valence-corrected chi connectivity index (χ4v) is 3.37. The van der Waals surface area contributed by atoms with Crippen LogP contribution in [-0.4, -0.2) is 36.1 Å². The van der Waals surface area contributed by atoms with E-state index >= 15 is 0 Å². The van der Waals surface area contributed by atoms with Crippen molar-refractivity contribution in [3.63, 3.8) is 0 Å². The smallest absolute Gasteiger partial charge is 0.362 e. The lowest BCUT2D eigenvalue weighted by atomic mass is 10.2. The number of hydrogen-bond donors (Lipinski definition) is 2. The number of benzene rings is 1. The SMILES string of the molecule is COc1ccccc1CN(c1nc(C(=O)O)cs1)S(=O)(=O)O. The molecule has 10 heteroatoms. The minimum absolute atomic E-state index is 0.147. The summed E-state index contributed by atoms with van der Waals surface area (Å²) in [5, 5.41) is 9.89. The van der Waals surface area contributed by atoms with E-state index in [1.807, 2.05) is 0 Å². The molecule has 1 aromatic carbocycles. The van der Waals surface area contributed by atoms with Crippen LogP contribution in [0.4, 0.5) is 5.13 Å². The number of anilines is 1. The van der Waals surface area contributed by atoms with Crippen molar-refractivity contribution < 1.29 is 27.6 Å². The van der Waals surface area contributed by atoms with Crippen LogP contribution in [-0.2, 0) is 16.8 Å². The monoisotopic (exact) mass is 344 g/mol. The van der Waals surface area contributed by atoms with E-state index in [1.54, 1.807) is 24.3 Å². The second-order valence-corrected chi connectivity index (χ2v) is 6.29. The van der Waals surface area contributed by atoms with Crippen molar-refractivity contribution in [3.8, 4) is 5.75 Å². The fraction of sp³-hybridized carbons (Fsp3) is 0.167. The summed E-state index contributed by atoms with van der Waals surface area (Å²) in [5.41, 5.74) is 0.198. The number of methoxy groups -OCH3 is 1. The van der Waals surface area contributed by atoms with Crippen LogP contribution in [0.15, 0.2) is 29.6 Å². The predicted molar refractivity (Wildman–Crippen MR) is 79.8 cm³/mol. The van der Waals surface area contributed by atoms with E-state index in [4.69, 9.17) is 9.84 Å². The topological polar surface area (TPSA) is 117 Å². The number of rotatable bonds is 6. The summed E-state index contributed by atoms with van der Waals surface area (Å²) in [5.74, 6) is -0.846. The van der Waals surface area contributed by atoms with Crippen LogP contribution in [0.5, 0.6) is 5.75 Å². The van der Waals surface area contributed by atoms with Crippen LogP contribution < -0.4 is 9.04 Å². The highest BCUT2D eigenvalue weighted by molar-refractivity contribution is 7.87. The zero-order chi connectivity index (χ0) is 16.3. The Labute approximate surface area is 130 Å². The molecule has 0 aliphatic rings. The van der Waals surface area contributed by atoms with Gasteiger partial charge < -0.3 is 9.84 Å². The van der Waals surface area contributed by atoms with E-state index in [9.17, 15) is 17.8 Å². The lowest BCUT2D eigenvalue weighted by molar-refractivity contribution is 0.0691. The summed E-state index contributed by atoms with van der Waals surface area (Å²) in [7, 11) is -3.19. The molecule has 0 bridgehead atoms. The second-order valence-electron chi connectivity index (χ2n) is 4.12. The molecule has 1 heterocycles. The van der Waals surface area contributed by atoms with Gasteiger partial charge in [-0.2, -0.15) is 8.42 Å². The average Bonchev–Trinajstić information content (AvgIpc) is 2.93.